The van der Waals surface area contributed by atoms with Crippen LogP contribution in [0.1, 0.15) is 17.0 Å². The van der Waals surface area contributed by atoms with Crippen molar-refractivity contribution in [2.45, 2.75) is 18.6 Å². The second-order valence-corrected chi connectivity index (χ2v) is 3.72. The van der Waals surface area contributed by atoms with Gasteiger partial charge in [0.1, 0.15) is 12.1 Å². The Bertz CT molecular complexity index is 406. The molecule has 0 bridgehead atoms. The van der Waals surface area contributed by atoms with Crippen molar-refractivity contribution in [3.05, 3.63) is 24.2 Å². The molecule has 0 spiro atoms. The van der Waals surface area contributed by atoms with Crippen LogP contribution in [-0.2, 0) is 14.3 Å². The second kappa shape index (κ2) is 6.42. The Hall–Kier alpha value is -1.53. The molecule has 1 aromatic rings. The highest BCUT2D eigenvalue weighted by molar-refractivity contribution is 5.86. The lowest BCUT2D eigenvalue weighted by Gasteiger charge is -2.09. The zero-order valence-electron chi connectivity index (χ0n) is 9.75. The number of nitrogens with one attached hydrogen (secondary N) is 1. The third-order valence-corrected chi connectivity index (χ3v) is 2.57. The van der Waals surface area contributed by atoms with Gasteiger partial charge in [0.05, 0.1) is 13.4 Å². The molecular formula is C11H14ClNO5. The van der Waals surface area contributed by atoms with Gasteiger partial charge in [0.25, 0.3) is 0 Å². The Morgan fingerprint density at radius 3 is 2.89 bits per heavy atom. The fraction of sp³-hybridized carbons (Fsp3) is 0.455. The SMILES string of the molecule is COC(=O)C1CC(OC(=O)c2ccco2)CN1.Cl. The molecule has 1 aliphatic rings. The topological polar surface area (TPSA) is 77.8 Å². The maximum absolute atomic E-state index is 11.5. The lowest BCUT2D eigenvalue weighted by atomic mass is 10.2. The molecule has 2 rings (SSSR count). The Morgan fingerprint density at radius 2 is 2.28 bits per heavy atom. The molecule has 0 saturated carbocycles. The van der Waals surface area contributed by atoms with Crippen molar-refractivity contribution >= 4 is 24.3 Å². The molecule has 6 nitrogen and oxygen atoms in total. The van der Waals surface area contributed by atoms with Crippen molar-refractivity contribution in [2.24, 2.45) is 0 Å². The van der Waals surface area contributed by atoms with Gasteiger partial charge in [0, 0.05) is 13.0 Å². The quantitative estimate of drug-likeness (QED) is 0.821. The van der Waals surface area contributed by atoms with Gasteiger partial charge in [-0.1, -0.05) is 0 Å². The van der Waals surface area contributed by atoms with E-state index in [0.717, 1.165) is 0 Å². The minimum Gasteiger partial charge on any atom is -0.468 e. The second-order valence-electron chi connectivity index (χ2n) is 3.72. The van der Waals surface area contributed by atoms with Gasteiger partial charge in [-0.2, -0.15) is 0 Å². The normalized spacial score (nSPS) is 22.1. The van der Waals surface area contributed by atoms with Crippen LogP contribution in [0.5, 0.6) is 0 Å². The first-order chi connectivity index (χ1) is 8.20. The van der Waals surface area contributed by atoms with Gasteiger partial charge < -0.3 is 19.2 Å². The molecule has 2 atom stereocenters. The summed E-state index contributed by atoms with van der Waals surface area (Å²) in [4.78, 5) is 22.8. The van der Waals surface area contributed by atoms with Gasteiger partial charge in [0.2, 0.25) is 5.76 Å². The van der Waals surface area contributed by atoms with Crippen LogP contribution in [0.4, 0.5) is 0 Å². The van der Waals surface area contributed by atoms with Crippen LogP contribution in [0, 0.1) is 0 Å². The maximum Gasteiger partial charge on any atom is 0.374 e. The maximum atomic E-state index is 11.5. The summed E-state index contributed by atoms with van der Waals surface area (Å²) in [5.74, 6) is -0.708. The van der Waals surface area contributed by atoms with Crippen molar-refractivity contribution < 1.29 is 23.5 Å². The molecule has 0 aliphatic carbocycles. The van der Waals surface area contributed by atoms with E-state index in [2.05, 4.69) is 10.1 Å². The number of hydrogen-bond acceptors (Lipinski definition) is 6. The molecule has 1 aromatic heterocycles. The predicted octanol–water partition coefficient (Wildman–Crippen LogP) is 0.762. The lowest BCUT2D eigenvalue weighted by molar-refractivity contribution is -0.142. The van der Waals surface area contributed by atoms with E-state index in [1.807, 2.05) is 0 Å². The molecule has 0 amide bonds. The molecule has 2 heterocycles. The number of furan rings is 1. The van der Waals surface area contributed by atoms with Crippen LogP contribution in [0.25, 0.3) is 0 Å². The summed E-state index contributed by atoms with van der Waals surface area (Å²) in [5.41, 5.74) is 0. The molecular weight excluding hydrogens is 262 g/mol. The summed E-state index contributed by atoms with van der Waals surface area (Å²) in [5, 5.41) is 2.93. The van der Waals surface area contributed by atoms with Crippen LogP contribution >= 0.6 is 12.4 Å². The van der Waals surface area contributed by atoms with E-state index in [9.17, 15) is 9.59 Å². The number of halogens is 1. The van der Waals surface area contributed by atoms with E-state index in [1.54, 1.807) is 6.07 Å². The van der Waals surface area contributed by atoms with Crippen molar-refractivity contribution in [2.75, 3.05) is 13.7 Å². The molecule has 1 fully saturated rings. The van der Waals surface area contributed by atoms with Crippen LogP contribution in [0.3, 0.4) is 0 Å². The fourth-order valence-corrected chi connectivity index (χ4v) is 1.72. The minimum atomic E-state index is -0.521. The zero-order valence-corrected chi connectivity index (χ0v) is 10.6. The molecule has 1 N–H and O–H groups in total. The Kier molecular flexibility index (Phi) is 5.18. The first-order valence-corrected chi connectivity index (χ1v) is 5.26. The monoisotopic (exact) mass is 275 g/mol. The minimum absolute atomic E-state index is 0. The highest BCUT2D eigenvalue weighted by Gasteiger charge is 2.32. The summed E-state index contributed by atoms with van der Waals surface area (Å²) in [6, 6.07) is 2.73. The van der Waals surface area contributed by atoms with Crippen LogP contribution in [-0.4, -0.2) is 37.7 Å². The number of hydrogen-bond donors (Lipinski definition) is 1. The molecule has 0 radical (unpaired) electrons. The van der Waals surface area contributed by atoms with Crippen molar-refractivity contribution in [3.63, 3.8) is 0 Å². The Morgan fingerprint density at radius 1 is 1.50 bits per heavy atom. The summed E-state index contributed by atoms with van der Waals surface area (Å²) >= 11 is 0. The van der Waals surface area contributed by atoms with Crippen molar-refractivity contribution in [3.8, 4) is 0 Å². The van der Waals surface area contributed by atoms with E-state index in [0.29, 0.717) is 13.0 Å². The van der Waals surface area contributed by atoms with Crippen molar-refractivity contribution in [1.29, 1.82) is 0 Å². The number of methoxy groups -OCH3 is 1. The lowest BCUT2D eigenvalue weighted by Crippen LogP contribution is -2.31. The Labute approximate surface area is 110 Å². The Balaban J connectivity index is 0.00000162. The number of carbonyl (C=O) groups is 2. The molecule has 100 valence electrons. The number of ether oxygens (including phenoxy) is 2. The van der Waals surface area contributed by atoms with E-state index in [-0.39, 0.29) is 30.2 Å². The molecule has 18 heavy (non-hydrogen) atoms. The van der Waals surface area contributed by atoms with Crippen LogP contribution in [0.2, 0.25) is 0 Å². The van der Waals surface area contributed by atoms with E-state index in [1.165, 1.54) is 19.4 Å². The molecule has 7 heteroatoms. The predicted molar refractivity (Wildman–Crippen MR) is 63.6 cm³/mol. The van der Waals surface area contributed by atoms with Gasteiger partial charge in [-0.05, 0) is 12.1 Å². The largest absolute Gasteiger partial charge is 0.468 e. The fourth-order valence-electron chi connectivity index (χ4n) is 1.72. The highest BCUT2D eigenvalue weighted by Crippen LogP contribution is 2.14. The number of carbonyl (C=O) groups excluding carboxylic acids is 2. The molecule has 1 aliphatic heterocycles. The average Bonchev–Trinajstić information content (AvgIpc) is 2.98. The van der Waals surface area contributed by atoms with E-state index in [4.69, 9.17) is 9.15 Å². The first kappa shape index (κ1) is 14.5. The van der Waals surface area contributed by atoms with E-state index >= 15 is 0 Å². The average molecular weight is 276 g/mol. The van der Waals surface area contributed by atoms with Gasteiger partial charge in [-0.25, -0.2) is 4.79 Å². The molecule has 1 saturated heterocycles. The number of rotatable bonds is 3. The van der Waals surface area contributed by atoms with Gasteiger partial charge in [-0.3, -0.25) is 4.79 Å². The summed E-state index contributed by atoms with van der Waals surface area (Å²) in [6.45, 7) is 0.437. The van der Waals surface area contributed by atoms with Crippen LogP contribution in [0.15, 0.2) is 22.8 Å². The standard InChI is InChI=1S/C11H13NO5.ClH/c1-15-10(13)8-5-7(6-12-8)17-11(14)9-3-2-4-16-9;/h2-4,7-8,12H,5-6H2,1H3;1H. The van der Waals surface area contributed by atoms with Crippen molar-refractivity contribution in [1.82, 2.24) is 5.32 Å². The van der Waals surface area contributed by atoms with Gasteiger partial charge in [-0.15, -0.1) is 12.4 Å². The third-order valence-electron chi connectivity index (χ3n) is 2.57. The third kappa shape index (κ3) is 3.24. The highest BCUT2D eigenvalue weighted by atomic mass is 35.5. The van der Waals surface area contributed by atoms with Gasteiger partial charge >= 0.3 is 11.9 Å². The smallest absolute Gasteiger partial charge is 0.374 e. The van der Waals surface area contributed by atoms with E-state index < -0.39 is 12.0 Å². The first-order valence-electron chi connectivity index (χ1n) is 5.26. The summed E-state index contributed by atoms with van der Waals surface area (Å²) in [7, 11) is 1.33. The molecule has 0 aromatic carbocycles. The van der Waals surface area contributed by atoms with Gasteiger partial charge in [0.15, 0.2) is 0 Å². The summed E-state index contributed by atoms with van der Waals surface area (Å²) < 4.78 is 14.7. The number of esters is 2. The molecule has 2 unspecified atom stereocenters. The zero-order chi connectivity index (χ0) is 12.3. The summed E-state index contributed by atoms with van der Waals surface area (Å²) in [6.07, 6.45) is 1.48. The van der Waals surface area contributed by atoms with Crippen LogP contribution < -0.4 is 5.32 Å².